The average molecular weight is 353 g/mol. The van der Waals surface area contributed by atoms with Crippen LogP contribution in [0.15, 0.2) is 36.0 Å². The van der Waals surface area contributed by atoms with Gasteiger partial charge in [0.1, 0.15) is 0 Å². The Hall–Kier alpha value is -2.26. The number of amides is 1. The highest BCUT2D eigenvalue weighted by Crippen LogP contribution is 2.12. The molecule has 23 heavy (non-hydrogen) atoms. The molecular formula is C14H15N3O4S2. The molecule has 0 aliphatic rings. The highest BCUT2D eigenvalue weighted by molar-refractivity contribution is 7.92. The zero-order chi connectivity index (χ0) is 16.9. The van der Waals surface area contributed by atoms with E-state index >= 15 is 0 Å². The SMILES string of the molecule is CCS(=O)(=O)Nc1ccc(C(=O)NCC(=O)c2cncs2)cc1. The number of Topliss-reactive ketones (excluding diaryl/α,β-unsaturated/α-hetero) is 1. The highest BCUT2D eigenvalue weighted by Gasteiger charge is 2.12. The predicted molar refractivity (Wildman–Crippen MR) is 88.3 cm³/mol. The number of carbonyl (C=O) groups excluding carboxylic acids is 2. The molecule has 0 aliphatic carbocycles. The fraction of sp³-hybridized carbons (Fsp3) is 0.214. The number of nitrogens with one attached hydrogen (secondary N) is 2. The minimum absolute atomic E-state index is 0.0328. The molecule has 0 saturated heterocycles. The molecule has 0 radical (unpaired) electrons. The van der Waals surface area contributed by atoms with E-state index in [1.165, 1.54) is 48.7 Å². The van der Waals surface area contributed by atoms with Gasteiger partial charge in [-0.1, -0.05) is 0 Å². The van der Waals surface area contributed by atoms with Crippen molar-refractivity contribution in [2.75, 3.05) is 17.0 Å². The molecule has 122 valence electrons. The lowest BCUT2D eigenvalue weighted by Gasteiger charge is -2.07. The van der Waals surface area contributed by atoms with Crippen LogP contribution in [0.25, 0.3) is 0 Å². The summed E-state index contributed by atoms with van der Waals surface area (Å²) in [5, 5.41) is 2.52. The van der Waals surface area contributed by atoms with E-state index in [0.717, 1.165) is 0 Å². The van der Waals surface area contributed by atoms with Gasteiger partial charge >= 0.3 is 0 Å². The van der Waals surface area contributed by atoms with Crippen LogP contribution in [0.2, 0.25) is 0 Å². The topological polar surface area (TPSA) is 105 Å². The third-order valence-corrected chi connectivity index (χ3v) is 5.04. The molecule has 0 unspecified atom stereocenters. The van der Waals surface area contributed by atoms with Crippen molar-refractivity contribution in [1.29, 1.82) is 0 Å². The molecule has 1 aromatic carbocycles. The average Bonchev–Trinajstić information content (AvgIpc) is 3.07. The summed E-state index contributed by atoms with van der Waals surface area (Å²) in [5.41, 5.74) is 2.26. The summed E-state index contributed by atoms with van der Waals surface area (Å²) in [7, 11) is -3.35. The first kappa shape index (κ1) is 17.1. The van der Waals surface area contributed by atoms with Crippen molar-refractivity contribution < 1.29 is 18.0 Å². The predicted octanol–water partition coefficient (Wildman–Crippen LogP) is 1.52. The molecule has 1 aromatic heterocycles. The van der Waals surface area contributed by atoms with E-state index in [1.54, 1.807) is 5.51 Å². The minimum atomic E-state index is -3.35. The maximum Gasteiger partial charge on any atom is 0.251 e. The Morgan fingerprint density at radius 1 is 1.22 bits per heavy atom. The number of sulfonamides is 1. The molecule has 2 aromatic rings. The van der Waals surface area contributed by atoms with Gasteiger partial charge in [0.15, 0.2) is 5.78 Å². The lowest BCUT2D eigenvalue weighted by molar-refractivity contribution is 0.0905. The van der Waals surface area contributed by atoms with Crippen molar-refractivity contribution in [3.05, 3.63) is 46.4 Å². The monoisotopic (exact) mass is 353 g/mol. The van der Waals surface area contributed by atoms with Crippen LogP contribution in [0.1, 0.15) is 27.0 Å². The number of benzene rings is 1. The maximum absolute atomic E-state index is 12.0. The summed E-state index contributed by atoms with van der Waals surface area (Å²) >= 11 is 1.21. The number of nitrogens with zero attached hydrogens (tertiary/aromatic N) is 1. The molecule has 0 spiro atoms. The number of ketones is 1. The van der Waals surface area contributed by atoms with Gasteiger partial charge < -0.3 is 5.32 Å². The van der Waals surface area contributed by atoms with E-state index in [-0.39, 0.29) is 18.1 Å². The fourth-order valence-electron chi connectivity index (χ4n) is 1.64. The second-order valence-electron chi connectivity index (χ2n) is 4.55. The van der Waals surface area contributed by atoms with Crippen molar-refractivity contribution in [2.45, 2.75) is 6.92 Å². The Bertz CT molecular complexity index is 784. The van der Waals surface area contributed by atoms with Gasteiger partial charge in [-0.2, -0.15) is 0 Å². The molecule has 1 amide bonds. The zero-order valence-corrected chi connectivity index (χ0v) is 13.9. The number of hydrogen-bond acceptors (Lipinski definition) is 6. The molecule has 0 saturated carbocycles. The van der Waals surface area contributed by atoms with Crippen LogP contribution >= 0.6 is 11.3 Å². The van der Waals surface area contributed by atoms with Crippen LogP contribution in [0, 0.1) is 0 Å². The first-order chi connectivity index (χ1) is 10.9. The number of thiazole rings is 1. The molecule has 0 bridgehead atoms. The highest BCUT2D eigenvalue weighted by atomic mass is 32.2. The zero-order valence-electron chi connectivity index (χ0n) is 12.3. The lowest BCUT2D eigenvalue weighted by Crippen LogP contribution is -2.29. The third kappa shape index (κ3) is 4.86. The fourth-order valence-corrected chi connectivity index (χ4v) is 2.84. The largest absolute Gasteiger partial charge is 0.345 e. The van der Waals surface area contributed by atoms with E-state index in [4.69, 9.17) is 0 Å². The molecule has 2 N–H and O–H groups in total. The molecule has 9 heteroatoms. The maximum atomic E-state index is 12.0. The number of anilines is 1. The van der Waals surface area contributed by atoms with E-state index < -0.39 is 15.9 Å². The van der Waals surface area contributed by atoms with Crippen LogP contribution in [-0.4, -0.2) is 37.4 Å². The minimum Gasteiger partial charge on any atom is -0.345 e. The van der Waals surface area contributed by atoms with Crippen LogP contribution in [0.4, 0.5) is 5.69 Å². The van der Waals surface area contributed by atoms with Gasteiger partial charge in [-0.25, -0.2) is 8.42 Å². The van der Waals surface area contributed by atoms with Crippen LogP contribution in [0.3, 0.4) is 0 Å². The summed E-state index contributed by atoms with van der Waals surface area (Å²) in [4.78, 5) is 28.0. The number of aromatic nitrogens is 1. The van der Waals surface area contributed by atoms with E-state index in [9.17, 15) is 18.0 Å². The van der Waals surface area contributed by atoms with Gasteiger partial charge in [-0.15, -0.1) is 11.3 Å². The second-order valence-corrected chi connectivity index (χ2v) is 7.45. The first-order valence-corrected chi connectivity index (χ1v) is 9.25. The molecule has 0 aliphatic heterocycles. The molecule has 0 atom stereocenters. The molecular weight excluding hydrogens is 338 g/mol. The Morgan fingerprint density at radius 3 is 2.48 bits per heavy atom. The quantitative estimate of drug-likeness (QED) is 0.734. The number of rotatable bonds is 7. The van der Waals surface area contributed by atoms with Crippen molar-refractivity contribution >= 4 is 38.7 Å². The summed E-state index contributed by atoms with van der Waals surface area (Å²) in [6.07, 6.45) is 1.45. The van der Waals surface area contributed by atoms with Gasteiger partial charge in [-0.3, -0.25) is 19.3 Å². The Labute approximate surface area is 137 Å². The van der Waals surface area contributed by atoms with Crippen molar-refractivity contribution in [1.82, 2.24) is 10.3 Å². The smallest absolute Gasteiger partial charge is 0.251 e. The Morgan fingerprint density at radius 2 is 1.91 bits per heavy atom. The van der Waals surface area contributed by atoms with Gasteiger partial charge in [0, 0.05) is 17.4 Å². The van der Waals surface area contributed by atoms with Crippen molar-refractivity contribution in [3.63, 3.8) is 0 Å². The summed E-state index contributed by atoms with van der Waals surface area (Å²) in [6, 6.07) is 5.96. The van der Waals surface area contributed by atoms with E-state index in [0.29, 0.717) is 16.1 Å². The molecule has 0 fully saturated rings. The van der Waals surface area contributed by atoms with Gasteiger partial charge in [0.2, 0.25) is 10.0 Å². The molecule has 2 rings (SSSR count). The lowest BCUT2D eigenvalue weighted by atomic mass is 10.2. The van der Waals surface area contributed by atoms with Crippen molar-refractivity contribution in [2.24, 2.45) is 0 Å². The van der Waals surface area contributed by atoms with Crippen LogP contribution < -0.4 is 10.0 Å². The summed E-state index contributed by atoms with van der Waals surface area (Å²) in [5.74, 6) is -0.657. The van der Waals surface area contributed by atoms with Gasteiger partial charge in [0.05, 0.1) is 22.7 Å². The first-order valence-electron chi connectivity index (χ1n) is 6.71. The van der Waals surface area contributed by atoms with E-state index in [1.807, 2.05) is 0 Å². The molecule has 1 heterocycles. The second kappa shape index (κ2) is 7.34. The summed E-state index contributed by atoms with van der Waals surface area (Å²) < 4.78 is 25.3. The number of hydrogen-bond donors (Lipinski definition) is 2. The Kier molecular flexibility index (Phi) is 5.45. The van der Waals surface area contributed by atoms with E-state index in [2.05, 4.69) is 15.0 Å². The van der Waals surface area contributed by atoms with Crippen LogP contribution in [0.5, 0.6) is 0 Å². The van der Waals surface area contributed by atoms with Crippen molar-refractivity contribution in [3.8, 4) is 0 Å². The standard InChI is InChI=1S/C14H15N3O4S2/c1-2-23(20,21)17-11-5-3-10(4-6-11)14(19)16-7-12(18)13-8-15-9-22-13/h3-6,8-9,17H,2,7H2,1H3,(H,16,19). The number of carbonyl (C=O) groups is 2. The normalized spacial score (nSPS) is 11.0. The summed E-state index contributed by atoms with van der Waals surface area (Å²) in [6.45, 7) is 1.41. The van der Waals surface area contributed by atoms with Crippen LogP contribution in [-0.2, 0) is 10.0 Å². The van der Waals surface area contributed by atoms with Gasteiger partial charge in [0.25, 0.3) is 5.91 Å². The molecule has 7 nitrogen and oxygen atoms in total. The Balaban J connectivity index is 1.94. The third-order valence-electron chi connectivity index (χ3n) is 2.92. The van der Waals surface area contributed by atoms with Gasteiger partial charge in [-0.05, 0) is 31.2 Å².